The second-order valence-corrected chi connectivity index (χ2v) is 6.73. The monoisotopic (exact) mass is 355 g/mol. The van der Waals surface area contributed by atoms with Crippen molar-refractivity contribution in [1.29, 1.82) is 0 Å². The lowest BCUT2D eigenvalue weighted by atomic mass is 9.79. The van der Waals surface area contributed by atoms with Gasteiger partial charge in [-0.1, -0.05) is 31.4 Å². The standard InChI is InChI=1S/C18H26FN3O.ClH/c19-15-6-2-3-7-16(15)21-17(23)8-12-22-13-11-20-14-18(22)9-4-1-5-10-18;/h2-3,6-7,20H,1,4-5,8-14H2,(H,21,23);1H. The first kappa shape index (κ1) is 19.2. The van der Waals surface area contributed by atoms with Gasteiger partial charge in [-0.05, 0) is 25.0 Å². The fourth-order valence-corrected chi connectivity index (χ4v) is 3.95. The number of halogens is 2. The minimum atomic E-state index is -0.383. The van der Waals surface area contributed by atoms with Gasteiger partial charge in [-0.25, -0.2) is 4.39 Å². The van der Waals surface area contributed by atoms with Crippen molar-refractivity contribution in [3.63, 3.8) is 0 Å². The largest absolute Gasteiger partial charge is 0.324 e. The molecule has 0 atom stereocenters. The summed E-state index contributed by atoms with van der Waals surface area (Å²) in [5, 5.41) is 6.20. The maximum atomic E-state index is 13.6. The first-order valence-electron chi connectivity index (χ1n) is 8.70. The van der Waals surface area contributed by atoms with Gasteiger partial charge in [0.1, 0.15) is 5.82 Å². The molecule has 1 aliphatic carbocycles. The zero-order valence-electron chi connectivity index (χ0n) is 14.0. The van der Waals surface area contributed by atoms with Gasteiger partial charge in [0, 0.05) is 38.1 Å². The van der Waals surface area contributed by atoms with Gasteiger partial charge >= 0.3 is 0 Å². The summed E-state index contributed by atoms with van der Waals surface area (Å²) in [4.78, 5) is 14.6. The molecule has 1 amide bonds. The molecule has 1 aromatic rings. The molecule has 1 spiro atoms. The molecule has 3 rings (SSSR count). The molecule has 2 N–H and O–H groups in total. The maximum Gasteiger partial charge on any atom is 0.225 e. The number of nitrogens with one attached hydrogen (secondary N) is 2. The highest BCUT2D eigenvalue weighted by Gasteiger charge is 2.39. The Morgan fingerprint density at radius 1 is 1.25 bits per heavy atom. The molecule has 0 bridgehead atoms. The molecular formula is C18H27ClFN3O. The van der Waals surface area contributed by atoms with Crippen LogP contribution in [-0.2, 0) is 4.79 Å². The third-order valence-corrected chi connectivity index (χ3v) is 5.22. The lowest BCUT2D eigenvalue weighted by Crippen LogP contribution is -2.62. The number of nitrogens with zero attached hydrogens (tertiary/aromatic N) is 1. The van der Waals surface area contributed by atoms with Crippen molar-refractivity contribution < 1.29 is 9.18 Å². The zero-order chi connectivity index (χ0) is 16.1. The van der Waals surface area contributed by atoms with Crippen molar-refractivity contribution in [2.24, 2.45) is 0 Å². The minimum Gasteiger partial charge on any atom is -0.324 e. The van der Waals surface area contributed by atoms with Crippen LogP contribution in [0.3, 0.4) is 0 Å². The molecule has 4 nitrogen and oxygen atoms in total. The highest BCUT2D eigenvalue weighted by molar-refractivity contribution is 5.90. The summed E-state index contributed by atoms with van der Waals surface area (Å²) in [6.45, 7) is 3.76. The molecule has 134 valence electrons. The number of carbonyl (C=O) groups excluding carboxylic acids is 1. The van der Waals surface area contributed by atoms with Crippen LogP contribution in [0.5, 0.6) is 0 Å². The summed E-state index contributed by atoms with van der Waals surface area (Å²) in [6, 6.07) is 6.31. The van der Waals surface area contributed by atoms with Crippen LogP contribution in [0.15, 0.2) is 24.3 Å². The number of anilines is 1. The molecule has 1 aromatic carbocycles. The minimum absolute atomic E-state index is 0. The van der Waals surface area contributed by atoms with Crippen LogP contribution >= 0.6 is 12.4 Å². The van der Waals surface area contributed by atoms with Crippen LogP contribution < -0.4 is 10.6 Å². The van der Waals surface area contributed by atoms with Gasteiger partial charge in [-0.15, -0.1) is 12.4 Å². The maximum absolute atomic E-state index is 13.6. The molecule has 2 fully saturated rings. The Kier molecular flexibility index (Phi) is 7.02. The van der Waals surface area contributed by atoms with Gasteiger partial charge in [-0.3, -0.25) is 9.69 Å². The van der Waals surface area contributed by atoms with Gasteiger partial charge < -0.3 is 10.6 Å². The Morgan fingerprint density at radius 3 is 2.75 bits per heavy atom. The molecule has 0 unspecified atom stereocenters. The van der Waals surface area contributed by atoms with Gasteiger partial charge in [-0.2, -0.15) is 0 Å². The highest BCUT2D eigenvalue weighted by Crippen LogP contribution is 2.34. The number of hydrogen-bond acceptors (Lipinski definition) is 3. The topological polar surface area (TPSA) is 44.4 Å². The van der Waals surface area contributed by atoms with E-state index in [-0.39, 0.29) is 35.4 Å². The van der Waals surface area contributed by atoms with E-state index in [2.05, 4.69) is 15.5 Å². The Hall–Kier alpha value is -1.17. The number of piperazine rings is 1. The lowest BCUT2D eigenvalue weighted by molar-refractivity contribution is -0.117. The molecule has 1 saturated carbocycles. The van der Waals surface area contributed by atoms with E-state index in [0.29, 0.717) is 6.42 Å². The van der Waals surface area contributed by atoms with Crippen molar-refractivity contribution in [2.45, 2.75) is 44.1 Å². The summed E-state index contributed by atoms with van der Waals surface area (Å²) >= 11 is 0. The van der Waals surface area contributed by atoms with Gasteiger partial charge in [0.25, 0.3) is 0 Å². The molecular weight excluding hydrogens is 329 g/mol. The second kappa shape index (κ2) is 8.79. The van der Waals surface area contributed by atoms with Crippen LogP contribution in [0, 0.1) is 5.82 Å². The predicted molar refractivity (Wildman–Crippen MR) is 97.2 cm³/mol. The highest BCUT2D eigenvalue weighted by atomic mass is 35.5. The molecule has 1 saturated heterocycles. The van der Waals surface area contributed by atoms with E-state index in [9.17, 15) is 9.18 Å². The third kappa shape index (κ3) is 4.47. The van der Waals surface area contributed by atoms with Gasteiger partial charge in [0.05, 0.1) is 5.69 Å². The van der Waals surface area contributed by atoms with E-state index in [1.807, 2.05) is 0 Å². The molecule has 6 heteroatoms. The Bertz CT molecular complexity index is 541. The summed E-state index contributed by atoms with van der Waals surface area (Å²) < 4.78 is 13.6. The zero-order valence-corrected chi connectivity index (χ0v) is 14.8. The Labute approximate surface area is 149 Å². The number of hydrogen-bond donors (Lipinski definition) is 2. The van der Waals surface area contributed by atoms with E-state index < -0.39 is 0 Å². The molecule has 0 aromatic heterocycles. The lowest BCUT2D eigenvalue weighted by Gasteiger charge is -2.50. The predicted octanol–water partition coefficient (Wildman–Crippen LogP) is 3.18. The fraction of sp³-hybridized carbons (Fsp3) is 0.611. The van der Waals surface area contributed by atoms with E-state index >= 15 is 0 Å². The molecule has 24 heavy (non-hydrogen) atoms. The first-order chi connectivity index (χ1) is 11.2. The SMILES string of the molecule is Cl.O=C(CCN1CCNCC12CCCCC2)Nc1ccccc1F. The Morgan fingerprint density at radius 2 is 2.00 bits per heavy atom. The third-order valence-electron chi connectivity index (χ3n) is 5.22. The molecule has 1 heterocycles. The van der Waals surface area contributed by atoms with Crippen LogP contribution in [0.25, 0.3) is 0 Å². The van der Waals surface area contributed by atoms with E-state index in [4.69, 9.17) is 0 Å². The van der Waals surface area contributed by atoms with Crippen molar-refractivity contribution in [2.75, 3.05) is 31.5 Å². The molecule has 1 aliphatic heterocycles. The van der Waals surface area contributed by atoms with Crippen molar-refractivity contribution in [3.8, 4) is 0 Å². The molecule has 2 aliphatic rings. The number of amides is 1. The number of rotatable bonds is 4. The molecule has 0 radical (unpaired) electrons. The smallest absolute Gasteiger partial charge is 0.225 e. The van der Waals surface area contributed by atoms with Gasteiger partial charge in [0.15, 0.2) is 0 Å². The quantitative estimate of drug-likeness (QED) is 0.871. The van der Waals surface area contributed by atoms with Crippen molar-refractivity contribution >= 4 is 24.0 Å². The normalized spacial score (nSPS) is 20.4. The average Bonchev–Trinajstić information content (AvgIpc) is 2.57. The van der Waals surface area contributed by atoms with E-state index in [0.717, 1.165) is 26.2 Å². The number of benzene rings is 1. The fourth-order valence-electron chi connectivity index (χ4n) is 3.95. The van der Waals surface area contributed by atoms with Crippen LogP contribution in [0.4, 0.5) is 10.1 Å². The van der Waals surface area contributed by atoms with Crippen LogP contribution in [0.1, 0.15) is 38.5 Å². The van der Waals surface area contributed by atoms with Crippen molar-refractivity contribution in [1.82, 2.24) is 10.2 Å². The summed E-state index contributed by atoms with van der Waals surface area (Å²) in [7, 11) is 0. The summed E-state index contributed by atoms with van der Waals surface area (Å²) in [5.74, 6) is -0.494. The number of carbonyl (C=O) groups is 1. The van der Waals surface area contributed by atoms with E-state index in [1.54, 1.807) is 18.2 Å². The summed E-state index contributed by atoms with van der Waals surface area (Å²) in [5.41, 5.74) is 0.500. The summed E-state index contributed by atoms with van der Waals surface area (Å²) in [6.07, 6.45) is 6.72. The van der Waals surface area contributed by atoms with Crippen molar-refractivity contribution in [3.05, 3.63) is 30.1 Å². The van der Waals surface area contributed by atoms with Crippen LogP contribution in [-0.4, -0.2) is 42.5 Å². The average molecular weight is 356 g/mol. The van der Waals surface area contributed by atoms with Gasteiger partial charge in [0.2, 0.25) is 5.91 Å². The van der Waals surface area contributed by atoms with Crippen LogP contribution in [0.2, 0.25) is 0 Å². The number of para-hydroxylation sites is 1. The Balaban J connectivity index is 0.00000208. The first-order valence-corrected chi connectivity index (χ1v) is 8.70. The second-order valence-electron chi connectivity index (χ2n) is 6.73. The van der Waals surface area contributed by atoms with E-state index in [1.165, 1.54) is 38.2 Å².